The van der Waals surface area contributed by atoms with Crippen LogP contribution in [0.1, 0.15) is 10.4 Å². The summed E-state index contributed by atoms with van der Waals surface area (Å²) in [7, 11) is -2.80. The molecule has 0 radical (unpaired) electrons. The summed E-state index contributed by atoms with van der Waals surface area (Å²) < 4.78 is 42.0. The summed E-state index contributed by atoms with van der Waals surface area (Å²) >= 11 is 2.96. The highest BCUT2D eigenvalue weighted by Gasteiger charge is 2.25. The van der Waals surface area contributed by atoms with E-state index in [1.807, 2.05) is 0 Å². The molecular formula is C11H9BrFN3O4S. The number of hydrogen-bond donors (Lipinski definition) is 2. The van der Waals surface area contributed by atoms with Crippen molar-refractivity contribution in [2.24, 2.45) is 7.05 Å². The average Bonchev–Trinajstić information content (AvgIpc) is 2.76. The number of sulfonamides is 1. The van der Waals surface area contributed by atoms with Crippen LogP contribution in [0, 0.1) is 5.82 Å². The maximum atomic E-state index is 14.1. The van der Waals surface area contributed by atoms with Gasteiger partial charge in [0.1, 0.15) is 10.7 Å². The number of aryl methyl sites for hydroxylation is 1. The molecule has 0 atom stereocenters. The Kier molecular flexibility index (Phi) is 4.01. The largest absolute Gasteiger partial charge is 0.478 e. The molecule has 21 heavy (non-hydrogen) atoms. The molecular weight excluding hydrogens is 369 g/mol. The molecule has 0 unspecified atom stereocenters. The van der Waals surface area contributed by atoms with Crippen LogP contribution < -0.4 is 4.72 Å². The first-order chi connectivity index (χ1) is 9.72. The lowest BCUT2D eigenvalue weighted by atomic mass is 10.2. The first kappa shape index (κ1) is 15.4. The molecule has 2 N–H and O–H groups in total. The van der Waals surface area contributed by atoms with Crippen LogP contribution in [0.2, 0.25) is 0 Å². The quantitative estimate of drug-likeness (QED) is 0.845. The fourth-order valence-corrected chi connectivity index (χ4v) is 3.40. The highest BCUT2D eigenvalue weighted by atomic mass is 79.9. The number of rotatable bonds is 4. The van der Waals surface area contributed by atoms with Gasteiger partial charge in [-0.15, -0.1) is 0 Å². The van der Waals surface area contributed by atoms with E-state index >= 15 is 0 Å². The highest BCUT2D eigenvalue weighted by Crippen LogP contribution is 2.25. The predicted octanol–water partition coefficient (Wildman–Crippen LogP) is 1.82. The van der Waals surface area contributed by atoms with Gasteiger partial charge >= 0.3 is 5.97 Å². The summed E-state index contributed by atoms with van der Waals surface area (Å²) in [6, 6.07) is 3.35. The number of carbonyl (C=O) groups is 1. The second-order valence-electron chi connectivity index (χ2n) is 4.02. The minimum absolute atomic E-state index is 0.117. The van der Waals surface area contributed by atoms with Crippen LogP contribution in [0.5, 0.6) is 0 Å². The van der Waals surface area contributed by atoms with Gasteiger partial charge in [-0.05, 0) is 12.1 Å². The Labute approximate surface area is 127 Å². The van der Waals surface area contributed by atoms with Gasteiger partial charge in [0.15, 0.2) is 5.82 Å². The van der Waals surface area contributed by atoms with Crippen LogP contribution in [0.4, 0.5) is 10.2 Å². The molecule has 0 fully saturated rings. The van der Waals surface area contributed by atoms with Gasteiger partial charge in [0, 0.05) is 17.6 Å². The van der Waals surface area contributed by atoms with Gasteiger partial charge in [0.05, 0.1) is 11.8 Å². The number of hydrogen-bond acceptors (Lipinski definition) is 4. The van der Waals surface area contributed by atoms with Crippen molar-refractivity contribution in [1.82, 2.24) is 9.78 Å². The molecule has 7 nitrogen and oxygen atoms in total. The summed E-state index contributed by atoms with van der Waals surface area (Å²) in [5.74, 6) is -2.78. The van der Waals surface area contributed by atoms with Crippen LogP contribution in [0.3, 0.4) is 0 Å². The van der Waals surface area contributed by atoms with E-state index in [1.165, 1.54) is 24.0 Å². The van der Waals surface area contributed by atoms with Gasteiger partial charge in [0.2, 0.25) is 0 Å². The average molecular weight is 378 g/mol. The first-order valence-corrected chi connectivity index (χ1v) is 7.73. The van der Waals surface area contributed by atoms with E-state index in [0.29, 0.717) is 0 Å². The fraction of sp³-hybridized carbons (Fsp3) is 0.0909. The van der Waals surface area contributed by atoms with Crippen LogP contribution in [-0.4, -0.2) is 29.3 Å². The Morgan fingerprint density at radius 1 is 1.48 bits per heavy atom. The van der Waals surface area contributed by atoms with Gasteiger partial charge in [-0.2, -0.15) is 5.10 Å². The Bertz CT molecular complexity index is 819. The third-order valence-electron chi connectivity index (χ3n) is 2.58. The first-order valence-electron chi connectivity index (χ1n) is 5.45. The van der Waals surface area contributed by atoms with Crippen molar-refractivity contribution < 1.29 is 22.7 Å². The summed E-state index contributed by atoms with van der Waals surface area (Å²) in [6.45, 7) is 0. The van der Waals surface area contributed by atoms with Crippen molar-refractivity contribution in [3.05, 3.63) is 40.2 Å². The van der Waals surface area contributed by atoms with Crippen LogP contribution in [-0.2, 0) is 17.1 Å². The lowest BCUT2D eigenvalue weighted by Crippen LogP contribution is -2.18. The molecule has 0 amide bonds. The smallest absolute Gasteiger partial charge is 0.338 e. The molecule has 1 aromatic heterocycles. The second-order valence-corrected chi connectivity index (χ2v) is 6.58. The number of benzene rings is 1. The van der Waals surface area contributed by atoms with Crippen LogP contribution >= 0.6 is 15.9 Å². The Morgan fingerprint density at radius 3 is 2.67 bits per heavy atom. The number of aromatic carboxylic acids is 1. The summed E-state index contributed by atoms with van der Waals surface area (Å²) in [6.07, 6.45) is 1.36. The molecule has 112 valence electrons. The van der Waals surface area contributed by atoms with Gasteiger partial charge in [-0.25, -0.2) is 17.6 Å². The molecule has 0 saturated carbocycles. The van der Waals surface area contributed by atoms with Gasteiger partial charge < -0.3 is 5.11 Å². The fourth-order valence-electron chi connectivity index (χ4n) is 1.58. The molecule has 2 rings (SSSR count). The maximum Gasteiger partial charge on any atom is 0.338 e. The second kappa shape index (κ2) is 5.45. The van der Waals surface area contributed by atoms with Crippen molar-refractivity contribution >= 4 is 37.7 Å². The minimum Gasteiger partial charge on any atom is -0.478 e. The van der Waals surface area contributed by atoms with Gasteiger partial charge in [0.25, 0.3) is 10.0 Å². The number of halogens is 2. The molecule has 0 spiro atoms. The summed E-state index contributed by atoms with van der Waals surface area (Å²) in [5.41, 5.74) is -0.741. The molecule has 10 heteroatoms. The van der Waals surface area contributed by atoms with E-state index in [0.717, 1.165) is 12.1 Å². The lowest BCUT2D eigenvalue weighted by Gasteiger charge is -2.10. The highest BCUT2D eigenvalue weighted by molar-refractivity contribution is 9.10. The molecule has 1 aromatic carbocycles. The summed E-state index contributed by atoms with van der Waals surface area (Å²) in [4.78, 5) is 10.2. The summed E-state index contributed by atoms with van der Waals surface area (Å²) in [5, 5.41) is 12.7. The predicted molar refractivity (Wildman–Crippen MR) is 75.1 cm³/mol. The van der Waals surface area contributed by atoms with Crippen LogP contribution in [0.25, 0.3) is 0 Å². The molecule has 0 bridgehead atoms. The topological polar surface area (TPSA) is 101 Å². The van der Waals surface area contributed by atoms with E-state index < -0.39 is 32.3 Å². The Morgan fingerprint density at radius 2 is 2.14 bits per heavy atom. The van der Waals surface area contributed by atoms with Crippen LogP contribution in [0.15, 0.2) is 33.8 Å². The molecule has 0 aliphatic rings. The molecule has 0 aliphatic carbocycles. The molecule has 1 heterocycles. The standard InChI is InChI=1S/C11H9BrFN3O4S/c1-16-9(2-3-14-16)15-21(19,20)8-5-6(12)4-7(10(8)13)11(17)18/h2-5,15H,1H3,(H,17,18). The monoisotopic (exact) mass is 377 g/mol. The van der Waals surface area contributed by atoms with Crippen molar-refractivity contribution in [2.75, 3.05) is 4.72 Å². The zero-order chi connectivity index (χ0) is 15.8. The number of nitrogens with one attached hydrogen (secondary N) is 1. The molecule has 0 saturated heterocycles. The lowest BCUT2D eigenvalue weighted by molar-refractivity contribution is 0.0691. The number of nitrogens with zero attached hydrogens (tertiary/aromatic N) is 2. The minimum atomic E-state index is -4.29. The molecule has 0 aliphatic heterocycles. The van der Waals surface area contributed by atoms with E-state index in [2.05, 4.69) is 25.8 Å². The van der Waals surface area contributed by atoms with E-state index in [-0.39, 0.29) is 10.3 Å². The third-order valence-corrected chi connectivity index (χ3v) is 4.40. The Balaban J connectivity index is 2.55. The van der Waals surface area contributed by atoms with E-state index in [1.54, 1.807) is 0 Å². The number of aromatic nitrogens is 2. The van der Waals surface area contributed by atoms with Gasteiger partial charge in [-0.3, -0.25) is 9.40 Å². The third kappa shape index (κ3) is 3.05. The number of anilines is 1. The van der Waals surface area contributed by atoms with E-state index in [4.69, 9.17) is 5.11 Å². The SMILES string of the molecule is Cn1nccc1NS(=O)(=O)c1cc(Br)cc(C(=O)O)c1F. The maximum absolute atomic E-state index is 14.1. The van der Waals surface area contributed by atoms with Crippen molar-refractivity contribution in [1.29, 1.82) is 0 Å². The van der Waals surface area contributed by atoms with Crippen molar-refractivity contribution in [3.8, 4) is 0 Å². The normalized spacial score (nSPS) is 11.4. The Hall–Kier alpha value is -1.94. The zero-order valence-corrected chi connectivity index (χ0v) is 12.9. The van der Waals surface area contributed by atoms with Gasteiger partial charge in [-0.1, -0.05) is 15.9 Å². The number of carboxylic acid groups (broad SMARTS) is 1. The molecule has 2 aromatic rings. The zero-order valence-electron chi connectivity index (χ0n) is 10.5. The van der Waals surface area contributed by atoms with Crippen molar-refractivity contribution in [3.63, 3.8) is 0 Å². The van der Waals surface area contributed by atoms with E-state index in [9.17, 15) is 17.6 Å². The number of carboxylic acids is 1. The van der Waals surface area contributed by atoms with Crippen molar-refractivity contribution in [2.45, 2.75) is 4.90 Å².